The van der Waals surface area contributed by atoms with E-state index in [-0.39, 0.29) is 18.3 Å². The largest absolute Gasteiger partial charge is 0.480 e. The van der Waals surface area contributed by atoms with Crippen LogP contribution in [0.2, 0.25) is 0 Å². The van der Waals surface area contributed by atoms with Crippen LogP contribution in [0, 0.1) is 0 Å². The quantitative estimate of drug-likeness (QED) is 0.562. The lowest BCUT2D eigenvalue weighted by Gasteiger charge is -2.21. The minimum Gasteiger partial charge on any atom is -0.480 e. The van der Waals surface area contributed by atoms with Gasteiger partial charge in [0, 0.05) is 0 Å². The average Bonchev–Trinajstić information content (AvgIpc) is 2.47. The van der Waals surface area contributed by atoms with Gasteiger partial charge in [0.2, 0.25) is 5.91 Å². The van der Waals surface area contributed by atoms with Crippen LogP contribution in [0.25, 0.3) is 0 Å². The van der Waals surface area contributed by atoms with Gasteiger partial charge in [0.15, 0.2) is 0 Å². The molecule has 6 nitrogen and oxygen atoms in total. The Morgan fingerprint density at radius 2 is 2.38 bits per heavy atom. The van der Waals surface area contributed by atoms with E-state index in [2.05, 4.69) is 5.32 Å². The summed E-state index contributed by atoms with van der Waals surface area (Å²) < 4.78 is 0.423. The van der Waals surface area contributed by atoms with Crippen molar-refractivity contribution >= 4 is 40.2 Å². The molecule has 0 radical (unpaired) electrons. The van der Waals surface area contributed by atoms with E-state index in [0.29, 0.717) is 4.32 Å². The van der Waals surface area contributed by atoms with Gasteiger partial charge in [0.05, 0.1) is 18.5 Å². The molecule has 2 atom stereocenters. The summed E-state index contributed by atoms with van der Waals surface area (Å²) in [5.41, 5.74) is 0. The van der Waals surface area contributed by atoms with Crippen LogP contribution in [0.1, 0.15) is 6.92 Å². The van der Waals surface area contributed by atoms with Gasteiger partial charge < -0.3 is 10.2 Å². The summed E-state index contributed by atoms with van der Waals surface area (Å²) >= 11 is 6.16. The number of aliphatic hydroxyl groups is 1. The van der Waals surface area contributed by atoms with E-state index in [1.54, 1.807) is 0 Å². The number of aliphatic carboxylic acids is 1. The molecule has 0 aromatic carbocycles. The number of nitrogens with zero attached hydrogens (tertiary/aromatic N) is 1. The summed E-state index contributed by atoms with van der Waals surface area (Å²) in [6, 6.07) is -1.11. The molecule has 90 valence electrons. The van der Waals surface area contributed by atoms with Gasteiger partial charge in [-0.2, -0.15) is 0 Å². The zero-order chi connectivity index (χ0) is 12.3. The zero-order valence-corrected chi connectivity index (χ0v) is 10.2. The Labute approximate surface area is 102 Å². The van der Waals surface area contributed by atoms with E-state index < -0.39 is 18.1 Å². The van der Waals surface area contributed by atoms with Gasteiger partial charge >= 0.3 is 5.97 Å². The number of thiocarbonyl (C=S) groups is 1. The van der Waals surface area contributed by atoms with Gasteiger partial charge in [-0.3, -0.25) is 19.8 Å². The van der Waals surface area contributed by atoms with Crippen molar-refractivity contribution in [3.8, 4) is 0 Å². The molecule has 0 saturated carbocycles. The van der Waals surface area contributed by atoms with Crippen LogP contribution in [0.3, 0.4) is 0 Å². The molecule has 1 aliphatic rings. The molecule has 8 heteroatoms. The standard InChI is InChI=1S/C8H12N2O4S2/c1-4(11)6(7(13)14)9-3-10-5(12)2-16-8(10)15/h4,6,9,11H,2-3H2,1H3,(H,13,14). The molecule has 1 rings (SSSR count). The van der Waals surface area contributed by atoms with Crippen molar-refractivity contribution in [2.75, 3.05) is 12.4 Å². The Hall–Kier alpha value is -0.700. The second-order valence-corrected chi connectivity index (χ2v) is 4.90. The number of carbonyl (C=O) groups excluding carboxylic acids is 1. The maximum Gasteiger partial charge on any atom is 0.323 e. The van der Waals surface area contributed by atoms with Crippen molar-refractivity contribution in [1.82, 2.24) is 10.2 Å². The molecule has 16 heavy (non-hydrogen) atoms. The number of hydrogen-bond acceptors (Lipinski definition) is 6. The molecule has 0 aromatic heterocycles. The highest BCUT2D eigenvalue weighted by Gasteiger charge is 2.29. The molecule has 1 amide bonds. The lowest BCUT2D eigenvalue weighted by atomic mass is 10.2. The molecule has 0 bridgehead atoms. The zero-order valence-electron chi connectivity index (χ0n) is 8.54. The minimum absolute atomic E-state index is 0.00648. The Morgan fingerprint density at radius 1 is 1.75 bits per heavy atom. The third kappa shape index (κ3) is 3.14. The number of carboxylic acid groups (broad SMARTS) is 1. The normalized spacial score (nSPS) is 20.0. The van der Waals surface area contributed by atoms with E-state index >= 15 is 0 Å². The number of aliphatic hydroxyl groups excluding tert-OH is 1. The van der Waals surface area contributed by atoms with E-state index in [4.69, 9.17) is 17.3 Å². The fourth-order valence-electron chi connectivity index (χ4n) is 1.19. The summed E-state index contributed by atoms with van der Waals surface area (Å²) in [6.07, 6.45) is -1.04. The summed E-state index contributed by atoms with van der Waals surface area (Å²) in [7, 11) is 0. The van der Waals surface area contributed by atoms with Crippen LogP contribution in [-0.4, -0.2) is 55.9 Å². The molecular formula is C8H12N2O4S2. The molecule has 1 aliphatic heterocycles. The maximum atomic E-state index is 11.3. The predicted octanol–water partition coefficient (Wildman–Crippen LogP) is -0.772. The van der Waals surface area contributed by atoms with Gasteiger partial charge in [-0.1, -0.05) is 24.0 Å². The SMILES string of the molecule is CC(O)C(NCN1C(=O)CSC1=S)C(=O)O. The molecule has 0 aliphatic carbocycles. The van der Waals surface area contributed by atoms with Gasteiger partial charge in [-0.15, -0.1) is 0 Å². The summed E-state index contributed by atoms with van der Waals surface area (Å²) in [5.74, 6) is -1.04. The average molecular weight is 264 g/mol. The molecule has 0 spiro atoms. The van der Waals surface area contributed by atoms with Gasteiger partial charge in [0.25, 0.3) is 0 Å². The van der Waals surface area contributed by atoms with E-state index in [1.807, 2.05) is 0 Å². The fourth-order valence-corrected chi connectivity index (χ4v) is 2.26. The van der Waals surface area contributed by atoms with Gasteiger partial charge in [0.1, 0.15) is 10.4 Å². The fraction of sp³-hybridized carbons (Fsp3) is 0.625. The summed E-state index contributed by atoms with van der Waals surface area (Å²) in [4.78, 5) is 23.3. The third-order valence-corrected chi connectivity index (χ3v) is 3.49. The predicted molar refractivity (Wildman–Crippen MR) is 63.0 cm³/mol. The lowest BCUT2D eigenvalue weighted by molar-refractivity contribution is -0.142. The number of thioether (sulfide) groups is 1. The number of nitrogens with one attached hydrogen (secondary N) is 1. The Balaban J connectivity index is 2.52. The lowest BCUT2D eigenvalue weighted by Crippen LogP contribution is -2.50. The third-order valence-electron chi connectivity index (χ3n) is 2.06. The number of rotatable bonds is 5. The number of hydrogen-bond donors (Lipinski definition) is 3. The summed E-state index contributed by atoms with van der Waals surface area (Å²) in [5, 5.41) is 20.6. The molecule has 1 heterocycles. The molecular weight excluding hydrogens is 252 g/mol. The first-order valence-electron chi connectivity index (χ1n) is 4.55. The van der Waals surface area contributed by atoms with Crippen molar-refractivity contribution in [2.45, 2.75) is 19.1 Å². The van der Waals surface area contributed by atoms with Crippen LogP contribution in [0.15, 0.2) is 0 Å². The first-order valence-corrected chi connectivity index (χ1v) is 5.94. The second-order valence-electron chi connectivity index (χ2n) is 3.30. The molecule has 3 N–H and O–H groups in total. The number of carboxylic acids is 1. The maximum absolute atomic E-state index is 11.3. The van der Waals surface area contributed by atoms with Crippen LogP contribution in [0.5, 0.6) is 0 Å². The molecule has 1 saturated heterocycles. The van der Waals surface area contributed by atoms with Crippen molar-refractivity contribution < 1.29 is 19.8 Å². The molecule has 2 unspecified atom stereocenters. The first-order chi connectivity index (χ1) is 7.43. The molecule has 1 fully saturated rings. The van der Waals surface area contributed by atoms with Gasteiger partial charge in [-0.25, -0.2) is 0 Å². The highest BCUT2D eigenvalue weighted by atomic mass is 32.2. The highest BCUT2D eigenvalue weighted by molar-refractivity contribution is 8.23. The second kappa shape index (κ2) is 5.58. The van der Waals surface area contributed by atoms with Crippen molar-refractivity contribution in [1.29, 1.82) is 0 Å². The Morgan fingerprint density at radius 3 is 2.75 bits per heavy atom. The van der Waals surface area contributed by atoms with E-state index in [0.717, 1.165) is 0 Å². The number of amides is 1. The monoisotopic (exact) mass is 264 g/mol. The van der Waals surface area contributed by atoms with Crippen LogP contribution in [0.4, 0.5) is 0 Å². The van der Waals surface area contributed by atoms with Crippen LogP contribution in [-0.2, 0) is 9.59 Å². The Kier molecular flexibility index (Phi) is 4.66. The number of carbonyl (C=O) groups is 2. The van der Waals surface area contributed by atoms with Crippen LogP contribution >= 0.6 is 24.0 Å². The van der Waals surface area contributed by atoms with E-state index in [9.17, 15) is 14.7 Å². The highest BCUT2D eigenvalue weighted by Crippen LogP contribution is 2.18. The first kappa shape index (κ1) is 13.4. The summed E-state index contributed by atoms with van der Waals surface area (Å²) in [6.45, 7) is 1.37. The molecule has 0 aromatic rings. The minimum atomic E-state index is -1.17. The van der Waals surface area contributed by atoms with Crippen molar-refractivity contribution in [3.63, 3.8) is 0 Å². The van der Waals surface area contributed by atoms with Crippen molar-refractivity contribution in [3.05, 3.63) is 0 Å². The van der Waals surface area contributed by atoms with E-state index in [1.165, 1.54) is 23.6 Å². The van der Waals surface area contributed by atoms with Crippen LogP contribution < -0.4 is 5.32 Å². The topological polar surface area (TPSA) is 89.9 Å². The Bertz CT molecular complexity index is 305. The van der Waals surface area contributed by atoms with Gasteiger partial charge in [-0.05, 0) is 6.92 Å². The van der Waals surface area contributed by atoms with Crippen molar-refractivity contribution in [2.24, 2.45) is 0 Å². The smallest absolute Gasteiger partial charge is 0.323 e.